The first-order chi connectivity index (χ1) is 7.29. The zero-order valence-electron chi connectivity index (χ0n) is 8.70. The number of nitrogens with one attached hydrogen (secondary N) is 2. The molecule has 1 aliphatic heterocycles. The molecule has 1 aromatic rings. The number of rotatable bonds is 1. The predicted molar refractivity (Wildman–Crippen MR) is 55.7 cm³/mol. The van der Waals surface area contributed by atoms with Gasteiger partial charge < -0.3 is 5.32 Å². The number of H-pyrrole nitrogens is 1. The van der Waals surface area contributed by atoms with Gasteiger partial charge in [0.2, 0.25) is 0 Å². The SMILES string of the molecule is O=c1[nH]ncn1C1CCNC2(CCC2)C1. The van der Waals surface area contributed by atoms with Crippen molar-refractivity contribution in [2.75, 3.05) is 6.54 Å². The monoisotopic (exact) mass is 208 g/mol. The largest absolute Gasteiger partial charge is 0.343 e. The molecule has 15 heavy (non-hydrogen) atoms. The van der Waals surface area contributed by atoms with E-state index in [1.54, 1.807) is 10.9 Å². The molecule has 1 atom stereocenters. The molecule has 0 amide bonds. The number of aromatic amines is 1. The zero-order valence-corrected chi connectivity index (χ0v) is 8.70. The molecule has 0 bridgehead atoms. The van der Waals surface area contributed by atoms with E-state index >= 15 is 0 Å². The van der Waals surface area contributed by atoms with Crippen molar-refractivity contribution in [1.29, 1.82) is 0 Å². The fraction of sp³-hybridized carbons (Fsp3) is 0.800. The van der Waals surface area contributed by atoms with Crippen LogP contribution in [0.4, 0.5) is 0 Å². The van der Waals surface area contributed by atoms with Crippen LogP contribution in [0.5, 0.6) is 0 Å². The summed E-state index contributed by atoms with van der Waals surface area (Å²) in [7, 11) is 0. The summed E-state index contributed by atoms with van der Waals surface area (Å²) >= 11 is 0. The fourth-order valence-corrected chi connectivity index (χ4v) is 2.87. The Hall–Kier alpha value is -1.10. The smallest absolute Gasteiger partial charge is 0.311 e. The van der Waals surface area contributed by atoms with E-state index in [0.717, 1.165) is 19.4 Å². The minimum Gasteiger partial charge on any atom is -0.311 e. The summed E-state index contributed by atoms with van der Waals surface area (Å²) in [6.45, 7) is 1.02. The van der Waals surface area contributed by atoms with Gasteiger partial charge in [0.15, 0.2) is 0 Å². The van der Waals surface area contributed by atoms with Crippen molar-refractivity contribution < 1.29 is 0 Å². The lowest BCUT2D eigenvalue weighted by Crippen LogP contribution is -2.56. The Balaban J connectivity index is 1.82. The van der Waals surface area contributed by atoms with Crippen molar-refractivity contribution in [2.24, 2.45) is 0 Å². The summed E-state index contributed by atoms with van der Waals surface area (Å²) in [5, 5.41) is 9.86. The van der Waals surface area contributed by atoms with Gasteiger partial charge in [-0.25, -0.2) is 9.89 Å². The molecule has 1 aliphatic carbocycles. The molecule has 5 heteroatoms. The van der Waals surface area contributed by atoms with Gasteiger partial charge >= 0.3 is 5.69 Å². The van der Waals surface area contributed by atoms with Gasteiger partial charge in [-0.3, -0.25) is 4.57 Å². The van der Waals surface area contributed by atoms with E-state index in [0.29, 0.717) is 11.6 Å². The van der Waals surface area contributed by atoms with Gasteiger partial charge in [-0.2, -0.15) is 5.10 Å². The summed E-state index contributed by atoms with van der Waals surface area (Å²) in [6, 6.07) is 0.331. The Morgan fingerprint density at radius 1 is 1.53 bits per heavy atom. The second-order valence-corrected chi connectivity index (χ2v) is 4.78. The van der Waals surface area contributed by atoms with Crippen LogP contribution in [0.2, 0.25) is 0 Å². The maximum absolute atomic E-state index is 11.5. The van der Waals surface area contributed by atoms with Crippen molar-refractivity contribution in [3.05, 3.63) is 16.8 Å². The maximum atomic E-state index is 11.5. The van der Waals surface area contributed by atoms with E-state index in [-0.39, 0.29) is 5.69 Å². The minimum absolute atomic E-state index is 0.0728. The molecular weight excluding hydrogens is 192 g/mol. The Labute approximate surface area is 87.9 Å². The Bertz CT molecular complexity index is 404. The second kappa shape index (κ2) is 3.20. The molecule has 2 N–H and O–H groups in total. The van der Waals surface area contributed by atoms with E-state index in [1.165, 1.54) is 19.3 Å². The lowest BCUT2D eigenvalue weighted by atomic mass is 9.70. The topological polar surface area (TPSA) is 62.7 Å². The van der Waals surface area contributed by atoms with Crippen LogP contribution in [-0.2, 0) is 0 Å². The molecular formula is C10H16N4O. The highest BCUT2D eigenvalue weighted by molar-refractivity contribution is 5.01. The zero-order chi connectivity index (χ0) is 10.3. The van der Waals surface area contributed by atoms with Gasteiger partial charge in [0.25, 0.3) is 0 Å². The third-order valence-corrected chi connectivity index (χ3v) is 3.88. The summed E-state index contributed by atoms with van der Waals surface area (Å²) in [6.07, 6.45) is 7.57. The molecule has 0 aromatic carbocycles. The summed E-state index contributed by atoms with van der Waals surface area (Å²) < 4.78 is 1.75. The first-order valence-corrected chi connectivity index (χ1v) is 5.66. The fourth-order valence-electron chi connectivity index (χ4n) is 2.87. The van der Waals surface area contributed by atoms with Crippen LogP contribution in [0.25, 0.3) is 0 Å². The molecule has 1 unspecified atom stereocenters. The van der Waals surface area contributed by atoms with Crippen LogP contribution in [0.1, 0.15) is 38.1 Å². The number of hydrogen-bond acceptors (Lipinski definition) is 3. The predicted octanol–water partition coefficient (Wildman–Crippen LogP) is 0.419. The van der Waals surface area contributed by atoms with E-state index in [9.17, 15) is 4.79 Å². The highest BCUT2D eigenvalue weighted by Crippen LogP contribution is 2.41. The highest BCUT2D eigenvalue weighted by atomic mass is 16.1. The third-order valence-electron chi connectivity index (χ3n) is 3.88. The third kappa shape index (κ3) is 1.42. The van der Waals surface area contributed by atoms with Crippen molar-refractivity contribution in [1.82, 2.24) is 20.1 Å². The normalized spacial score (nSPS) is 28.9. The van der Waals surface area contributed by atoms with Crippen molar-refractivity contribution in [2.45, 2.75) is 43.7 Å². The number of aromatic nitrogens is 3. The molecule has 1 aromatic heterocycles. The van der Waals surface area contributed by atoms with Gasteiger partial charge in [0.05, 0.1) is 0 Å². The van der Waals surface area contributed by atoms with Crippen LogP contribution in [-0.4, -0.2) is 26.8 Å². The van der Waals surface area contributed by atoms with Crippen molar-refractivity contribution in [3.8, 4) is 0 Å². The molecule has 2 aliphatic rings. The molecule has 3 rings (SSSR count). The number of nitrogens with zero attached hydrogens (tertiary/aromatic N) is 2. The van der Waals surface area contributed by atoms with Crippen LogP contribution in [0.15, 0.2) is 11.1 Å². The molecule has 5 nitrogen and oxygen atoms in total. The maximum Gasteiger partial charge on any atom is 0.343 e. The summed E-state index contributed by atoms with van der Waals surface area (Å²) in [5.41, 5.74) is 0.260. The summed E-state index contributed by atoms with van der Waals surface area (Å²) in [5.74, 6) is 0. The van der Waals surface area contributed by atoms with Gasteiger partial charge in [-0.15, -0.1) is 0 Å². The van der Waals surface area contributed by atoms with Crippen LogP contribution >= 0.6 is 0 Å². The van der Waals surface area contributed by atoms with Crippen molar-refractivity contribution >= 4 is 0 Å². The van der Waals surface area contributed by atoms with E-state index < -0.39 is 0 Å². The molecule has 1 saturated heterocycles. The van der Waals surface area contributed by atoms with Gasteiger partial charge in [-0.1, -0.05) is 0 Å². The molecule has 2 fully saturated rings. The Kier molecular flexibility index (Phi) is 1.95. The highest BCUT2D eigenvalue weighted by Gasteiger charge is 2.41. The molecule has 1 saturated carbocycles. The lowest BCUT2D eigenvalue weighted by Gasteiger charge is -2.48. The standard InChI is InChI=1S/C10H16N4O/c15-9-13-12-7-14(9)8-2-5-11-10(6-8)3-1-4-10/h7-8,11H,1-6H2,(H,13,15). The van der Waals surface area contributed by atoms with E-state index in [1.807, 2.05) is 0 Å². The number of hydrogen-bond donors (Lipinski definition) is 2. The molecule has 1 spiro atoms. The van der Waals surface area contributed by atoms with E-state index in [2.05, 4.69) is 15.5 Å². The molecule has 2 heterocycles. The van der Waals surface area contributed by atoms with Gasteiger partial charge in [0.1, 0.15) is 6.33 Å². The average molecular weight is 208 g/mol. The average Bonchev–Trinajstić information content (AvgIpc) is 2.62. The minimum atomic E-state index is -0.0728. The lowest BCUT2D eigenvalue weighted by molar-refractivity contribution is 0.108. The molecule has 0 radical (unpaired) electrons. The van der Waals surface area contributed by atoms with Crippen LogP contribution in [0.3, 0.4) is 0 Å². The van der Waals surface area contributed by atoms with Crippen LogP contribution in [0, 0.1) is 0 Å². The quantitative estimate of drug-likeness (QED) is 0.703. The van der Waals surface area contributed by atoms with Gasteiger partial charge in [0, 0.05) is 11.6 Å². The van der Waals surface area contributed by atoms with Crippen molar-refractivity contribution in [3.63, 3.8) is 0 Å². The second-order valence-electron chi connectivity index (χ2n) is 4.78. The first-order valence-electron chi connectivity index (χ1n) is 5.66. The summed E-state index contributed by atoms with van der Waals surface area (Å²) in [4.78, 5) is 11.5. The van der Waals surface area contributed by atoms with Gasteiger partial charge in [-0.05, 0) is 38.6 Å². The first kappa shape index (κ1) is 9.15. The van der Waals surface area contributed by atoms with Crippen LogP contribution < -0.4 is 11.0 Å². The number of piperidine rings is 1. The Morgan fingerprint density at radius 3 is 3.00 bits per heavy atom. The Morgan fingerprint density at radius 2 is 2.40 bits per heavy atom. The molecule has 82 valence electrons. The van der Waals surface area contributed by atoms with E-state index in [4.69, 9.17) is 0 Å².